The summed E-state index contributed by atoms with van der Waals surface area (Å²) < 4.78 is 0. The highest BCUT2D eigenvalue weighted by molar-refractivity contribution is 4.94. The lowest BCUT2D eigenvalue weighted by Gasteiger charge is -2.50. The minimum absolute atomic E-state index is 0.295. The van der Waals surface area contributed by atoms with Gasteiger partial charge in [0, 0.05) is 44.8 Å². The predicted octanol–water partition coefficient (Wildman–Crippen LogP) is 4.70. The Morgan fingerprint density at radius 3 is 2.04 bits per heavy atom. The Balaban J connectivity index is 1.84. The molecule has 2 heterocycles. The van der Waals surface area contributed by atoms with Gasteiger partial charge in [0.1, 0.15) is 0 Å². The van der Waals surface area contributed by atoms with Crippen molar-refractivity contribution < 1.29 is 0 Å². The molecule has 2 aliphatic rings. The lowest BCUT2D eigenvalue weighted by Crippen LogP contribution is -2.56. The first-order chi connectivity index (χ1) is 12.1. The van der Waals surface area contributed by atoms with Crippen molar-refractivity contribution in [3.8, 4) is 0 Å². The Bertz CT molecular complexity index is 425. The largest absolute Gasteiger partial charge is 0.378 e. The molecular weight excluding hydrogens is 318 g/mol. The van der Waals surface area contributed by atoms with E-state index < -0.39 is 0 Å². The Kier molecular flexibility index (Phi) is 7.62. The van der Waals surface area contributed by atoms with E-state index in [4.69, 9.17) is 0 Å². The molecule has 0 bridgehead atoms. The summed E-state index contributed by atoms with van der Waals surface area (Å²) in [6, 6.07) is 0. The summed E-state index contributed by atoms with van der Waals surface area (Å²) in [5, 5.41) is 0. The van der Waals surface area contributed by atoms with Crippen molar-refractivity contribution in [3.63, 3.8) is 0 Å². The molecule has 0 atom stereocenters. The number of hydrogen-bond donors (Lipinski definition) is 0. The SMILES string of the molecule is C=CN1CCC(C(C)(C)CC(C)(C)N2CCN(CCC(C)C)CC2)CC1. The highest BCUT2D eigenvalue weighted by atomic mass is 15.3. The van der Waals surface area contributed by atoms with Gasteiger partial charge in [-0.1, -0.05) is 34.3 Å². The molecule has 0 N–H and O–H groups in total. The molecule has 3 nitrogen and oxygen atoms in total. The molecule has 0 spiro atoms. The van der Waals surface area contributed by atoms with Crippen LogP contribution in [-0.2, 0) is 0 Å². The Hall–Kier alpha value is -0.540. The van der Waals surface area contributed by atoms with E-state index in [-0.39, 0.29) is 0 Å². The van der Waals surface area contributed by atoms with E-state index in [0.717, 1.165) is 11.8 Å². The smallest absolute Gasteiger partial charge is 0.0175 e. The third kappa shape index (κ3) is 5.99. The topological polar surface area (TPSA) is 9.72 Å². The van der Waals surface area contributed by atoms with E-state index in [1.807, 2.05) is 6.20 Å². The number of rotatable bonds is 8. The van der Waals surface area contributed by atoms with Crippen LogP contribution in [0.4, 0.5) is 0 Å². The Morgan fingerprint density at radius 2 is 1.54 bits per heavy atom. The van der Waals surface area contributed by atoms with E-state index in [0.29, 0.717) is 11.0 Å². The van der Waals surface area contributed by atoms with Gasteiger partial charge in [0.05, 0.1) is 0 Å². The summed E-state index contributed by atoms with van der Waals surface area (Å²) in [5.41, 5.74) is 0.703. The van der Waals surface area contributed by atoms with Crippen molar-refractivity contribution in [1.29, 1.82) is 0 Å². The molecule has 0 aromatic heterocycles. The number of likely N-dealkylation sites (tertiary alicyclic amines) is 1. The van der Waals surface area contributed by atoms with Crippen LogP contribution in [0.15, 0.2) is 12.8 Å². The van der Waals surface area contributed by atoms with Crippen molar-refractivity contribution in [1.82, 2.24) is 14.7 Å². The van der Waals surface area contributed by atoms with Crippen molar-refractivity contribution in [2.75, 3.05) is 45.8 Å². The van der Waals surface area contributed by atoms with Gasteiger partial charge >= 0.3 is 0 Å². The molecule has 0 unspecified atom stereocenters. The summed E-state index contributed by atoms with van der Waals surface area (Å²) in [5.74, 6) is 1.66. The van der Waals surface area contributed by atoms with E-state index in [1.165, 1.54) is 71.5 Å². The minimum Gasteiger partial charge on any atom is -0.378 e. The van der Waals surface area contributed by atoms with E-state index in [1.54, 1.807) is 0 Å². The first-order valence-electron chi connectivity index (χ1n) is 11.0. The Labute approximate surface area is 163 Å². The first kappa shape index (κ1) is 21.8. The second-order valence-corrected chi connectivity index (χ2v) is 10.5. The summed E-state index contributed by atoms with van der Waals surface area (Å²) in [4.78, 5) is 7.82. The van der Waals surface area contributed by atoms with Gasteiger partial charge in [-0.25, -0.2) is 0 Å². The van der Waals surface area contributed by atoms with Crippen LogP contribution >= 0.6 is 0 Å². The molecule has 2 rings (SSSR count). The Morgan fingerprint density at radius 1 is 0.962 bits per heavy atom. The van der Waals surface area contributed by atoms with E-state index in [2.05, 4.69) is 62.8 Å². The fourth-order valence-corrected chi connectivity index (χ4v) is 5.25. The molecule has 152 valence electrons. The number of nitrogens with zero attached hydrogens (tertiary/aromatic N) is 3. The molecule has 0 saturated carbocycles. The van der Waals surface area contributed by atoms with Crippen LogP contribution in [0.2, 0.25) is 0 Å². The van der Waals surface area contributed by atoms with Crippen molar-refractivity contribution in [2.45, 2.75) is 72.8 Å². The average Bonchev–Trinajstić information content (AvgIpc) is 2.59. The van der Waals surface area contributed by atoms with Crippen molar-refractivity contribution in [3.05, 3.63) is 12.8 Å². The maximum atomic E-state index is 3.94. The zero-order valence-electron chi connectivity index (χ0n) is 18.6. The standard InChI is InChI=1S/C23H45N3/c1-8-24-13-10-21(11-14-24)22(4,5)19-23(6,7)26-17-15-25(16-18-26)12-9-20(2)3/h8,20-21H,1,9-19H2,2-7H3. The fourth-order valence-electron chi connectivity index (χ4n) is 5.25. The molecule has 0 amide bonds. The van der Waals surface area contributed by atoms with Gasteiger partial charge < -0.3 is 9.80 Å². The van der Waals surface area contributed by atoms with Crippen LogP contribution in [0.25, 0.3) is 0 Å². The fraction of sp³-hybridized carbons (Fsp3) is 0.913. The highest BCUT2D eigenvalue weighted by Crippen LogP contribution is 2.42. The summed E-state index contributed by atoms with van der Waals surface area (Å²) >= 11 is 0. The predicted molar refractivity (Wildman–Crippen MR) is 114 cm³/mol. The second-order valence-electron chi connectivity index (χ2n) is 10.5. The molecular formula is C23H45N3. The van der Waals surface area contributed by atoms with Gasteiger partial charge in [0.15, 0.2) is 0 Å². The maximum absolute atomic E-state index is 3.94. The third-order valence-electron chi connectivity index (χ3n) is 7.03. The molecule has 0 aromatic carbocycles. The molecule has 26 heavy (non-hydrogen) atoms. The van der Waals surface area contributed by atoms with Gasteiger partial charge in [0.2, 0.25) is 0 Å². The lowest BCUT2D eigenvalue weighted by atomic mass is 9.67. The van der Waals surface area contributed by atoms with Crippen molar-refractivity contribution >= 4 is 0 Å². The molecule has 2 aliphatic heterocycles. The monoisotopic (exact) mass is 363 g/mol. The third-order valence-corrected chi connectivity index (χ3v) is 7.03. The van der Waals surface area contributed by atoms with Gasteiger partial charge in [-0.15, -0.1) is 0 Å². The highest BCUT2D eigenvalue weighted by Gasteiger charge is 2.39. The van der Waals surface area contributed by atoms with E-state index in [9.17, 15) is 0 Å². The quantitative estimate of drug-likeness (QED) is 0.619. The van der Waals surface area contributed by atoms with Crippen LogP contribution in [0.1, 0.15) is 67.2 Å². The second kappa shape index (κ2) is 9.10. The van der Waals surface area contributed by atoms with Gasteiger partial charge in [-0.05, 0) is 69.5 Å². The van der Waals surface area contributed by atoms with E-state index >= 15 is 0 Å². The summed E-state index contributed by atoms with van der Waals surface area (Å²) in [7, 11) is 0. The molecule has 0 aliphatic carbocycles. The molecule has 2 saturated heterocycles. The van der Waals surface area contributed by atoms with Crippen LogP contribution in [-0.4, -0.2) is 66.1 Å². The van der Waals surface area contributed by atoms with Crippen LogP contribution < -0.4 is 0 Å². The lowest BCUT2D eigenvalue weighted by molar-refractivity contribution is 0.00219. The van der Waals surface area contributed by atoms with Crippen molar-refractivity contribution in [2.24, 2.45) is 17.3 Å². The summed E-state index contributed by atoms with van der Waals surface area (Å²) in [6.45, 7) is 27.2. The maximum Gasteiger partial charge on any atom is 0.0175 e. The normalized spacial score (nSPS) is 22.2. The number of hydrogen-bond acceptors (Lipinski definition) is 3. The number of piperazine rings is 1. The molecule has 0 radical (unpaired) electrons. The molecule has 0 aromatic rings. The first-order valence-corrected chi connectivity index (χ1v) is 11.0. The molecule has 2 fully saturated rings. The van der Waals surface area contributed by atoms with Crippen LogP contribution in [0.5, 0.6) is 0 Å². The average molecular weight is 364 g/mol. The minimum atomic E-state index is 0.295. The van der Waals surface area contributed by atoms with Crippen LogP contribution in [0.3, 0.4) is 0 Å². The number of piperidine rings is 1. The zero-order valence-corrected chi connectivity index (χ0v) is 18.6. The van der Waals surface area contributed by atoms with Crippen LogP contribution in [0, 0.1) is 17.3 Å². The molecule has 3 heteroatoms. The van der Waals surface area contributed by atoms with Gasteiger partial charge in [-0.2, -0.15) is 0 Å². The zero-order chi connectivity index (χ0) is 19.4. The van der Waals surface area contributed by atoms with Gasteiger partial charge in [-0.3, -0.25) is 4.90 Å². The summed E-state index contributed by atoms with van der Waals surface area (Å²) in [6.07, 6.45) is 7.28. The van der Waals surface area contributed by atoms with Gasteiger partial charge in [0.25, 0.3) is 0 Å².